The Hall–Kier alpha value is -2.05. The Morgan fingerprint density at radius 2 is 2.32 bits per heavy atom. The highest BCUT2D eigenvalue weighted by Gasteiger charge is 2.28. The van der Waals surface area contributed by atoms with Gasteiger partial charge in [-0.3, -0.25) is 9.88 Å². The lowest BCUT2D eigenvalue weighted by atomic mass is 10.1. The molecule has 1 aliphatic rings. The highest BCUT2D eigenvalue weighted by atomic mass is 32.1. The van der Waals surface area contributed by atoms with E-state index in [1.165, 1.54) is 5.56 Å². The molecule has 0 bridgehead atoms. The van der Waals surface area contributed by atoms with Gasteiger partial charge in [-0.1, -0.05) is 17.3 Å². The van der Waals surface area contributed by atoms with Gasteiger partial charge in [0, 0.05) is 25.5 Å². The third-order valence-electron chi connectivity index (χ3n) is 3.93. The van der Waals surface area contributed by atoms with Gasteiger partial charge < -0.3 is 4.52 Å². The molecule has 4 rings (SSSR count). The monoisotopic (exact) mass is 312 g/mol. The second-order valence-corrected chi connectivity index (χ2v) is 6.46. The van der Waals surface area contributed by atoms with Crippen molar-refractivity contribution in [2.45, 2.75) is 18.9 Å². The second kappa shape index (κ2) is 5.98. The molecule has 6 heteroatoms. The Kier molecular flexibility index (Phi) is 3.70. The quantitative estimate of drug-likeness (QED) is 0.740. The molecule has 0 saturated carbocycles. The Labute approximate surface area is 132 Å². The third-order valence-corrected chi connectivity index (χ3v) is 4.80. The van der Waals surface area contributed by atoms with E-state index in [4.69, 9.17) is 4.52 Å². The van der Waals surface area contributed by atoms with Crippen LogP contribution in [-0.2, 0) is 6.54 Å². The van der Waals surface area contributed by atoms with Crippen LogP contribution in [-0.4, -0.2) is 33.1 Å². The molecular formula is C16H16N4OS. The zero-order chi connectivity index (χ0) is 14.8. The van der Waals surface area contributed by atoms with Crippen LogP contribution in [0.15, 0.2) is 46.6 Å². The van der Waals surface area contributed by atoms with Crippen LogP contribution in [0.1, 0.15) is 23.8 Å². The molecule has 0 spiro atoms. The fraction of sp³-hybridized carbons (Fsp3) is 0.312. The van der Waals surface area contributed by atoms with Crippen molar-refractivity contribution in [3.05, 3.63) is 53.5 Å². The average Bonchev–Trinajstić information content (AvgIpc) is 3.29. The van der Waals surface area contributed by atoms with Crippen LogP contribution in [0, 0.1) is 0 Å². The van der Waals surface area contributed by atoms with Crippen molar-refractivity contribution in [3.8, 4) is 10.7 Å². The zero-order valence-electron chi connectivity index (χ0n) is 12.1. The molecule has 0 amide bonds. The number of thiophene rings is 1. The molecule has 0 N–H and O–H groups in total. The van der Waals surface area contributed by atoms with E-state index in [0.29, 0.717) is 11.7 Å². The maximum atomic E-state index is 5.48. The summed E-state index contributed by atoms with van der Waals surface area (Å²) in [4.78, 5) is 12.2. The van der Waals surface area contributed by atoms with Gasteiger partial charge in [-0.25, -0.2) is 0 Å². The molecular weight excluding hydrogens is 296 g/mol. The number of aromatic nitrogens is 3. The summed E-state index contributed by atoms with van der Waals surface area (Å²) < 4.78 is 5.48. The summed E-state index contributed by atoms with van der Waals surface area (Å²) in [7, 11) is 0. The third kappa shape index (κ3) is 2.80. The SMILES string of the molecule is c1cncc(CN2CC[C@H](c3nc(-c4cccs4)no3)C2)c1. The van der Waals surface area contributed by atoms with Gasteiger partial charge >= 0.3 is 0 Å². The first-order valence-electron chi connectivity index (χ1n) is 7.37. The van der Waals surface area contributed by atoms with Crippen LogP contribution < -0.4 is 0 Å². The molecule has 22 heavy (non-hydrogen) atoms. The molecule has 3 aromatic heterocycles. The van der Waals surface area contributed by atoms with Crippen LogP contribution in [0.2, 0.25) is 0 Å². The maximum absolute atomic E-state index is 5.48. The van der Waals surface area contributed by atoms with E-state index in [1.807, 2.05) is 29.8 Å². The number of likely N-dealkylation sites (tertiary alicyclic amines) is 1. The smallest absolute Gasteiger partial charge is 0.231 e. The molecule has 4 heterocycles. The first-order valence-corrected chi connectivity index (χ1v) is 8.25. The Balaban J connectivity index is 1.42. The van der Waals surface area contributed by atoms with Gasteiger partial charge in [-0.05, 0) is 36.0 Å². The van der Waals surface area contributed by atoms with Gasteiger partial charge in [0.05, 0.1) is 10.8 Å². The van der Waals surface area contributed by atoms with Gasteiger partial charge in [0.1, 0.15) is 0 Å². The first kappa shape index (κ1) is 13.6. The highest BCUT2D eigenvalue weighted by molar-refractivity contribution is 7.13. The standard InChI is InChI=1S/C16H16N4OS/c1-3-12(9-17-6-1)10-20-7-5-13(11-20)16-18-15(19-21-16)14-4-2-8-22-14/h1-4,6,8-9,13H,5,7,10-11H2/t13-/m0/s1. The van der Waals surface area contributed by atoms with Gasteiger partial charge in [-0.2, -0.15) is 4.98 Å². The number of rotatable bonds is 4. The zero-order valence-corrected chi connectivity index (χ0v) is 12.9. The van der Waals surface area contributed by atoms with Crippen LogP contribution >= 0.6 is 11.3 Å². The number of hydrogen-bond acceptors (Lipinski definition) is 6. The molecule has 112 valence electrons. The van der Waals surface area contributed by atoms with E-state index in [1.54, 1.807) is 17.5 Å². The minimum atomic E-state index is 0.331. The summed E-state index contributed by atoms with van der Waals surface area (Å²) >= 11 is 1.63. The van der Waals surface area contributed by atoms with Crippen LogP contribution in [0.3, 0.4) is 0 Å². The van der Waals surface area contributed by atoms with Gasteiger partial charge in [0.15, 0.2) is 0 Å². The molecule has 0 aliphatic carbocycles. The molecule has 5 nitrogen and oxygen atoms in total. The lowest BCUT2D eigenvalue weighted by molar-refractivity contribution is 0.309. The topological polar surface area (TPSA) is 55.1 Å². The number of nitrogens with zero attached hydrogens (tertiary/aromatic N) is 4. The van der Waals surface area contributed by atoms with Crippen LogP contribution in [0.5, 0.6) is 0 Å². The number of hydrogen-bond donors (Lipinski definition) is 0. The predicted molar refractivity (Wildman–Crippen MR) is 84.5 cm³/mol. The summed E-state index contributed by atoms with van der Waals surface area (Å²) in [5, 5.41) is 6.13. The first-order chi connectivity index (χ1) is 10.9. The summed E-state index contributed by atoms with van der Waals surface area (Å²) in [6, 6.07) is 8.11. The van der Waals surface area contributed by atoms with Crippen LogP contribution in [0.4, 0.5) is 0 Å². The predicted octanol–water partition coefficient (Wildman–Crippen LogP) is 3.18. The van der Waals surface area contributed by atoms with E-state index < -0.39 is 0 Å². The largest absolute Gasteiger partial charge is 0.339 e. The Morgan fingerprint density at radius 1 is 1.32 bits per heavy atom. The van der Waals surface area contributed by atoms with Gasteiger partial charge in [-0.15, -0.1) is 11.3 Å². The fourth-order valence-electron chi connectivity index (χ4n) is 2.83. The number of pyridine rings is 1. The van der Waals surface area contributed by atoms with Crippen molar-refractivity contribution in [1.82, 2.24) is 20.0 Å². The van der Waals surface area contributed by atoms with E-state index in [0.717, 1.165) is 36.8 Å². The Bertz CT molecular complexity index is 726. The molecule has 0 unspecified atom stereocenters. The minimum absolute atomic E-state index is 0.331. The van der Waals surface area contributed by atoms with Crippen LogP contribution in [0.25, 0.3) is 10.7 Å². The molecule has 3 aromatic rings. The summed E-state index contributed by atoms with van der Waals surface area (Å²) in [5.74, 6) is 1.80. The van der Waals surface area contributed by atoms with Crippen molar-refractivity contribution >= 4 is 11.3 Å². The van der Waals surface area contributed by atoms with Crippen molar-refractivity contribution in [2.75, 3.05) is 13.1 Å². The fourth-order valence-corrected chi connectivity index (χ4v) is 3.48. The van der Waals surface area contributed by atoms with E-state index in [2.05, 4.69) is 26.1 Å². The van der Waals surface area contributed by atoms with E-state index >= 15 is 0 Å². The summed E-state index contributed by atoms with van der Waals surface area (Å²) in [5.41, 5.74) is 1.24. The summed E-state index contributed by atoms with van der Waals surface area (Å²) in [6.07, 6.45) is 4.79. The summed E-state index contributed by atoms with van der Waals surface area (Å²) in [6.45, 7) is 2.94. The average molecular weight is 312 g/mol. The van der Waals surface area contributed by atoms with Crippen molar-refractivity contribution in [2.24, 2.45) is 0 Å². The van der Waals surface area contributed by atoms with Crippen molar-refractivity contribution in [3.63, 3.8) is 0 Å². The van der Waals surface area contributed by atoms with Crippen molar-refractivity contribution in [1.29, 1.82) is 0 Å². The molecule has 1 atom stereocenters. The lowest BCUT2D eigenvalue weighted by Crippen LogP contribution is -2.19. The molecule has 0 aromatic carbocycles. The maximum Gasteiger partial charge on any atom is 0.231 e. The van der Waals surface area contributed by atoms with Gasteiger partial charge in [0.25, 0.3) is 0 Å². The lowest BCUT2D eigenvalue weighted by Gasteiger charge is -2.14. The molecule has 1 aliphatic heterocycles. The molecule has 1 saturated heterocycles. The molecule has 0 radical (unpaired) electrons. The molecule has 1 fully saturated rings. The van der Waals surface area contributed by atoms with Crippen molar-refractivity contribution < 1.29 is 4.52 Å². The normalized spacial score (nSPS) is 18.8. The van der Waals surface area contributed by atoms with E-state index in [-0.39, 0.29) is 0 Å². The Morgan fingerprint density at radius 3 is 3.14 bits per heavy atom. The van der Waals surface area contributed by atoms with Gasteiger partial charge in [0.2, 0.25) is 11.7 Å². The second-order valence-electron chi connectivity index (χ2n) is 5.52. The van der Waals surface area contributed by atoms with E-state index in [9.17, 15) is 0 Å². The minimum Gasteiger partial charge on any atom is -0.339 e. The highest BCUT2D eigenvalue weighted by Crippen LogP contribution is 2.29.